The van der Waals surface area contributed by atoms with Gasteiger partial charge in [0.2, 0.25) is 5.91 Å². The predicted molar refractivity (Wildman–Crippen MR) is 108 cm³/mol. The van der Waals surface area contributed by atoms with Crippen molar-refractivity contribution in [1.29, 1.82) is 0 Å². The normalized spacial score (nSPS) is 11.0. The highest BCUT2D eigenvalue weighted by atomic mass is 19.1. The summed E-state index contributed by atoms with van der Waals surface area (Å²) < 4.78 is 17.3. The Kier molecular flexibility index (Phi) is 4.67. The molecule has 4 rings (SSSR count). The fourth-order valence-corrected chi connectivity index (χ4v) is 3.22. The highest BCUT2D eigenvalue weighted by Gasteiger charge is 2.12. The third-order valence-corrected chi connectivity index (χ3v) is 4.69. The van der Waals surface area contributed by atoms with Gasteiger partial charge >= 0.3 is 0 Å². The molecule has 8 heteroatoms. The number of carbonyl (C=O) groups is 1. The molecule has 0 fully saturated rings. The molecule has 0 spiro atoms. The van der Waals surface area contributed by atoms with Gasteiger partial charge in [0, 0.05) is 18.1 Å². The number of amides is 1. The lowest BCUT2D eigenvalue weighted by molar-refractivity contribution is -0.116. The van der Waals surface area contributed by atoms with Crippen molar-refractivity contribution in [2.24, 2.45) is 0 Å². The van der Waals surface area contributed by atoms with Gasteiger partial charge < -0.3 is 9.88 Å². The second-order valence-corrected chi connectivity index (χ2v) is 6.71. The number of carbonyl (C=O) groups excluding carboxylic acids is 1. The Morgan fingerprint density at radius 1 is 1.17 bits per heavy atom. The molecule has 0 bridgehead atoms. The number of rotatable bonds is 4. The zero-order chi connectivity index (χ0) is 20.5. The molecule has 0 aliphatic heterocycles. The predicted octanol–water partition coefficient (Wildman–Crippen LogP) is 2.98. The highest BCUT2D eigenvalue weighted by Crippen LogP contribution is 2.19. The molecule has 146 valence electrons. The Hall–Kier alpha value is -3.81. The van der Waals surface area contributed by atoms with Crippen LogP contribution in [-0.2, 0) is 11.3 Å². The minimum atomic E-state index is -0.496. The summed E-state index contributed by atoms with van der Waals surface area (Å²) in [7, 11) is 0. The first-order chi connectivity index (χ1) is 13.9. The molecule has 1 N–H and O–H groups in total. The Morgan fingerprint density at radius 3 is 2.72 bits per heavy atom. The van der Waals surface area contributed by atoms with E-state index >= 15 is 0 Å². The van der Waals surface area contributed by atoms with Crippen LogP contribution in [0.4, 0.5) is 10.1 Å². The topological polar surface area (TPSA) is 81.8 Å². The molecule has 7 nitrogen and oxygen atoms in total. The quantitative estimate of drug-likeness (QED) is 0.580. The lowest BCUT2D eigenvalue weighted by Crippen LogP contribution is -2.28. The maximum atomic E-state index is 14.5. The van der Waals surface area contributed by atoms with Gasteiger partial charge in [0.15, 0.2) is 0 Å². The van der Waals surface area contributed by atoms with Crippen LogP contribution in [0, 0.1) is 19.7 Å². The summed E-state index contributed by atoms with van der Waals surface area (Å²) in [4.78, 5) is 33.3. The lowest BCUT2D eigenvalue weighted by atomic mass is 10.1. The SMILES string of the molecule is Cc1cccc2c(=O)n(CC(=O)Nc3ccc(-n4ccnc4C)c(F)c3)cnc12. The maximum Gasteiger partial charge on any atom is 0.261 e. The van der Waals surface area contributed by atoms with Crippen molar-refractivity contribution < 1.29 is 9.18 Å². The van der Waals surface area contributed by atoms with Gasteiger partial charge in [-0.15, -0.1) is 0 Å². The molecular formula is C21H18FN5O2. The van der Waals surface area contributed by atoms with Crippen LogP contribution in [0.25, 0.3) is 16.6 Å². The van der Waals surface area contributed by atoms with Gasteiger partial charge in [-0.3, -0.25) is 14.2 Å². The van der Waals surface area contributed by atoms with E-state index in [-0.39, 0.29) is 12.1 Å². The molecule has 0 saturated carbocycles. The fourth-order valence-electron chi connectivity index (χ4n) is 3.22. The molecule has 0 aliphatic rings. The number of para-hydroxylation sites is 1. The van der Waals surface area contributed by atoms with E-state index in [4.69, 9.17) is 0 Å². The van der Waals surface area contributed by atoms with Crippen molar-refractivity contribution in [3.8, 4) is 5.69 Å². The number of nitrogens with one attached hydrogen (secondary N) is 1. The number of nitrogens with zero attached hydrogens (tertiary/aromatic N) is 4. The van der Waals surface area contributed by atoms with Gasteiger partial charge in [-0.2, -0.15) is 0 Å². The van der Waals surface area contributed by atoms with Crippen molar-refractivity contribution in [2.45, 2.75) is 20.4 Å². The summed E-state index contributed by atoms with van der Waals surface area (Å²) >= 11 is 0. The van der Waals surface area contributed by atoms with E-state index in [0.717, 1.165) is 5.56 Å². The number of hydrogen-bond acceptors (Lipinski definition) is 4. The van der Waals surface area contributed by atoms with Crippen LogP contribution in [0.1, 0.15) is 11.4 Å². The largest absolute Gasteiger partial charge is 0.324 e. The highest BCUT2D eigenvalue weighted by molar-refractivity contribution is 5.91. The third kappa shape index (κ3) is 3.52. The lowest BCUT2D eigenvalue weighted by Gasteiger charge is -2.11. The zero-order valence-corrected chi connectivity index (χ0v) is 15.9. The monoisotopic (exact) mass is 391 g/mol. The number of imidazole rings is 1. The maximum absolute atomic E-state index is 14.5. The van der Waals surface area contributed by atoms with Crippen LogP contribution in [0.3, 0.4) is 0 Å². The summed E-state index contributed by atoms with van der Waals surface area (Å²) in [5.41, 5.74) is 1.84. The molecule has 29 heavy (non-hydrogen) atoms. The van der Waals surface area contributed by atoms with Crippen molar-refractivity contribution in [1.82, 2.24) is 19.1 Å². The fraction of sp³-hybridized carbons (Fsp3) is 0.143. The molecule has 0 unspecified atom stereocenters. The zero-order valence-electron chi connectivity index (χ0n) is 15.9. The molecule has 0 atom stereocenters. The molecule has 2 aromatic carbocycles. The van der Waals surface area contributed by atoms with Crippen LogP contribution in [0.5, 0.6) is 0 Å². The van der Waals surface area contributed by atoms with Gasteiger partial charge in [0.05, 0.1) is 22.9 Å². The molecule has 0 saturated heterocycles. The van der Waals surface area contributed by atoms with E-state index in [1.165, 1.54) is 17.0 Å². The Balaban J connectivity index is 1.54. The van der Waals surface area contributed by atoms with Gasteiger partial charge in [-0.05, 0) is 43.7 Å². The first-order valence-corrected chi connectivity index (χ1v) is 8.98. The minimum absolute atomic E-state index is 0.223. The summed E-state index contributed by atoms with van der Waals surface area (Å²) in [5, 5.41) is 3.06. The van der Waals surface area contributed by atoms with E-state index < -0.39 is 11.7 Å². The molecule has 4 aromatic rings. The number of benzene rings is 2. The van der Waals surface area contributed by atoms with E-state index in [2.05, 4.69) is 15.3 Å². The smallest absolute Gasteiger partial charge is 0.261 e. The van der Waals surface area contributed by atoms with E-state index in [1.54, 1.807) is 48.1 Å². The van der Waals surface area contributed by atoms with E-state index in [9.17, 15) is 14.0 Å². The summed E-state index contributed by atoms with van der Waals surface area (Å²) in [5.74, 6) is -0.296. The summed E-state index contributed by atoms with van der Waals surface area (Å²) in [6.07, 6.45) is 4.59. The Labute approximate surface area is 165 Å². The van der Waals surface area contributed by atoms with Crippen LogP contribution in [0.15, 0.2) is 59.9 Å². The number of fused-ring (bicyclic) bond motifs is 1. The number of aryl methyl sites for hydroxylation is 2. The van der Waals surface area contributed by atoms with Gasteiger partial charge in [0.25, 0.3) is 5.56 Å². The van der Waals surface area contributed by atoms with Crippen molar-refractivity contribution >= 4 is 22.5 Å². The molecule has 2 aromatic heterocycles. The minimum Gasteiger partial charge on any atom is -0.324 e. The second kappa shape index (κ2) is 7.31. The third-order valence-electron chi connectivity index (χ3n) is 4.69. The number of anilines is 1. The van der Waals surface area contributed by atoms with Gasteiger partial charge in [0.1, 0.15) is 18.2 Å². The molecule has 0 radical (unpaired) electrons. The van der Waals surface area contributed by atoms with Crippen LogP contribution < -0.4 is 10.9 Å². The first-order valence-electron chi connectivity index (χ1n) is 8.98. The molecule has 1 amide bonds. The average molecular weight is 391 g/mol. The molecule has 0 aliphatic carbocycles. The van der Waals surface area contributed by atoms with Crippen molar-refractivity contribution in [3.05, 3.63) is 82.7 Å². The number of aromatic nitrogens is 4. The number of halogens is 1. The first kappa shape index (κ1) is 18.5. The van der Waals surface area contributed by atoms with Gasteiger partial charge in [-0.25, -0.2) is 14.4 Å². The standard InChI is InChI=1S/C21H18FN5O2/c1-13-4-3-5-16-20(13)24-12-26(21(16)29)11-19(28)25-15-6-7-18(17(22)10-15)27-9-8-23-14(27)2/h3-10,12H,11H2,1-2H3,(H,25,28). The van der Waals surface area contributed by atoms with Crippen molar-refractivity contribution in [3.63, 3.8) is 0 Å². The Bertz CT molecular complexity index is 1290. The van der Waals surface area contributed by atoms with Crippen LogP contribution in [-0.4, -0.2) is 25.0 Å². The second-order valence-electron chi connectivity index (χ2n) is 6.71. The summed E-state index contributed by atoms with van der Waals surface area (Å²) in [6, 6.07) is 9.72. The summed E-state index contributed by atoms with van der Waals surface area (Å²) in [6.45, 7) is 3.42. The van der Waals surface area contributed by atoms with Crippen molar-refractivity contribution in [2.75, 3.05) is 5.32 Å². The number of hydrogen-bond donors (Lipinski definition) is 1. The van der Waals surface area contributed by atoms with Gasteiger partial charge in [-0.1, -0.05) is 12.1 Å². The van der Waals surface area contributed by atoms with Crippen LogP contribution >= 0.6 is 0 Å². The average Bonchev–Trinajstić information content (AvgIpc) is 3.10. The van der Waals surface area contributed by atoms with E-state index in [0.29, 0.717) is 28.1 Å². The van der Waals surface area contributed by atoms with Crippen LogP contribution in [0.2, 0.25) is 0 Å². The molecular weight excluding hydrogens is 373 g/mol. The van der Waals surface area contributed by atoms with E-state index in [1.807, 2.05) is 13.0 Å². The molecule has 2 heterocycles. The Morgan fingerprint density at radius 2 is 2.00 bits per heavy atom.